The number of carbonyl (C=O) groups is 1. The van der Waals surface area contributed by atoms with Crippen molar-refractivity contribution in [3.8, 4) is 16.2 Å². The first kappa shape index (κ1) is 12.7. The Morgan fingerprint density at radius 1 is 1.05 bits per heavy atom. The largest absolute Gasteiger partial charge is 0.508 e. The second kappa shape index (κ2) is 4.65. The van der Waals surface area contributed by atoms with Gasteiger partial charge in [0.05, 0.1) is 0 Å². The minimum Gasteiger partial charge on any atom is -0.508 e. The van der Waals surface area contributed by atoms with Crippen LogP contribution in [0.2, 0.25) is 0 Å². The summed E-state index contributed by atoms with van der Waals surface area (Å²) in [6.45, 7) is 1.92. The summed E-state index contributed by atoms with van der Waals surface area (Å²) < 4.78 is 0. The highest BCUT2D eigenvalue weighted by Gasteiger charge is 2.12. The van der Waals surface area contributed by atoms with E-state index in [1.165, 1.54) is 11.3 Å². The first-order chi connectivity index (χ1) is 9.54. The molecular weight excluding hydrogens is 272 g/mol. The van der Waals surface area contributed by atoms with Crippen molar-refractivity contribution in [2.45, 2.75) is 6.92 Å². The Hall–Kier alpha value is -2.33. The lowest BCUT2D eigenvalue weighted by Gasteiger charge is -2.03. The molecule has 20 heavy (non-hydrogen) atoms. The number of aromatic hydroxyl groups is 1. The quantitative estimate of drug-likeness (QED) is 0.738. The van der Waals surface area contributed by atoms with Gasteiger partial charge in [-0.15, -0.1) is 11.3 Å². The summed E-state index contributed by atoms with van der Waals surface area (Å²) in [5.74, 6) is -0.652. The van der Waals surface area contributed by atoms with Gasteiger partial charge in [-0.25, -0.2) is 4.79 Å². The van der Waals surface area contributed by atoms with Crippen LogP contribution in [0.1, 0.15) is 15.2 Å². The maximum absolute atomic E-state index is 11.0. The van der Waals surface area contributed by atoms with Crippen LogP contribution in [-0.4, -0.2) is 16.2 Å². The maximum Gasteiger partial charge on any atom is 0.345 e. The molecule has 0 aliphatic rings. The Morgan fingerprint density at radius 3 is 2.45 bits per heavy atom. The number of fused-ring (bicyclic) bond motifs is 1. The predicted molar refractivity (Wildman–Crippen MR) is 80.6 cm³/mol. The van der Waals surface area contributed by atoms with E-state index < -0.39 is 5.97 Å². The molecule has 0 saturated carbocycles. The zero-order chi connectivity index (χ0) is 14.3. The fourth-order valence-electron chi connectivity index (χ4n) is 2.25. The van der Waals surface area contributed by atoms with Gasteiger partial charge in [0.2, 0.25) is 0 Å². The van der Waals surface area contributed by atoms with E-state index in [4.69, 9.17) is 5.11 Å². The molecule has 0 saturated heterocycles. The molecule has 1 heterocycles. The maximum atomic E-state index is 11.0. The SMILES string of the molecule is Cc1cc(C(=O)O)sc1-c1ccc2cc(O)ccc2c1. The number of phenolic OH excluding ortho intramolecular Hbond substituents is 1. The standard InChI is InChI=1S/C16H12O3S/c1-9-6-14(16(18)19)20-15(9)12-3-2-11-8-13(17)5-4-10(11)7-12/h2-8,17H,1H3,(H,18,19). The third-order valence-electron chi connectivity index (χ3n) is 3.21. The molecule has 2 aromatic carbocycles. The van der Waals surface area contributed by atoms with E-state index in [0.717, 1.165) is 26.8 Å². The predicted octanol–water partition coefficient (Wildman–Crippen LogP) is 4.28. The van der Waals surface area contributed by atoms with Crippen molar-refractivity contribution >= 4 is 28.1 Å². The lowest BCUT2D eigenvalue weighted by Crippen LogP contribution is -1.89. The molecule has 0 amide bonds. The molecule has 0 spiro atoms. The van der Waals surface area contributed by atoms with Gasteiger partial charge >= 0.3 is 5.97 Å². The van der Waals surface area contributed by atoms with E-state index in [1.807, 2.05) is 31.2 Å². The van der Waals surface area contributed by atoms with Gasteiger partial charge in [-0.3, -0.25) is 0 Å². The summed E-state index contributed by atoms with van der Waals surface area (Å²) in [5.41, 5.74) is 1.96. The van der Waals surface area contributed by atoms with Crippen molar-refractivity contribution < 1.29 is 15.0 Å². The molecule has 3 nitrogen and oxygen atoms in total. The lowest BCUT2D eigenvalue weighted by molar-refractivity contribution is 0.0702. The average Bonchev–Trinajstić information content (AvgIpc) is 2.80. The number of carboxylic acids is 1. The van der Waals surface area contributed by atoms with Crippen LogP contribution >= 0.6 is 11.3 Å². The van der Waals surface area contributed by atoms with Crippen LogP contribution in [0.15, 0.2) is 42.5 Å². The van der Waals surface area contributed by atoms with E-state index in [9.17, 15) is 9.90 Å². The van der Waals surface area contributed by atoms with Crippen LogP contribution in [0.5, 0.6) is 5.75 Å². The van der Waals surface area contributed by atoms with Gasteiger partial charge in [-0.05, 0) is 53.1 Å². The third-order valence-corrected chi connectivity index (χ3v) is 4.49. The Balaban J connectivity index is 2.14. The molecule has 2 N–H and O–H groups in total. The second-order valence-corrected chi connectivity index (χ2v) is 5.73. The summed E-state index contributed by atoms with van der Waals surface area (Å²) in [4.78, 5) is 12.4. The highest BCUT2D eigenvalue weighted by Crippen LogP contribution is 2.34. The molecule has 100 valence electrons. The van der Waals surface area contributed by atoms with Gasteiger partial charge in [0, 0.05) is 4.88 Å². The van der Waals surface area contributed by atoms with Gasteiger partial charge in [0.25, 0.3) is 0 Å². The number of aromatic carboxylic acids is 1. The van der Waals surface area contributed by atoms with Crippen LogP contribution in [0.3, 0.4) is 0 Å². The molecule has 1 aromatic heterocycles. The molecule has 4 heteroatoms. The smallest absolute Gasteiger partial charge is 0.345 e. The van der Waals surface area contributed by atoms with E-state index in [2.05, 4.69) is 0 Å². The number of aryl methyl sites for hydroxylation is 1. The summed E-state index contributed by atoms with van der Waals surface area (Å²) in [5, 5.41) is 20.5. The van der Waals surface area contributed by atoms with Gasteiger partial charge in [0.15, 0.2) is 0 Å². The van der Waals surface area contributed by atoms with E-state index in [-0.39, 0.29) is 5.75 Å². The average molecular weight is 284 g/mol. The van der Waals surface area contributed by atoms with Gasteiger partial charge in [0.1, 0.15) is 10.6 Å². The highest BCUT2D eigenvalue weighted by atomic mass is 32.1. The highest BCUT2D eigenvalue weighted by molar-refractivity contribution is 7.17. The van der Waals surface area contributed by atoms with E-state index >= 15 is 0 Å². The summed E-state index contributed by atoms with van der Waals surface area (Å²) >= 11 is 1.28. The first-order valence-electron chi connectivity index (χ1n) is 6.11. The fraction of sp³-hybridized carbons (Fsp3) is 0.0625. The van der Waals surface area contributed by atoms with Crippen LogP contribution in [0, 0.1) is 6.92 Å². The van der Waals surface area contributed by atoms with Crippen molar-refractivity contribution in [1.29, 1.82) is 0 Å². The Kier molecular flexibility index (Phi) is 2.95. The number of hydrogen-bond donors (Lipinski definition) is 2. The summed E-state index contributed by atoms with van der Waals surface area (Å²) in [7, 11) is 0. The Labute approximate surface area is 119 Å². The third kappa shape index (κ3) is 2.14. The van der Waals surface area contributed by atoms with Gasteiger partial charge in [-0.2, -0.15) is 0 Å². The molecule has 0 radical (unpaired) electrons. The molecule has 0 aliphatic heterocycles. The van der Waals surface area contributed by atoms with Crippen LogP contribution in [0.4, 0.5) is 0 Å². The number of rotatable bonds is 2. The molecule has 0 bridgehead atoms. The van der Waals surface area contributed by atoms with Crippen LogP contribution in [0.25, 0.3) is 21.2 Å². The van der Waals surface area contributed by atoms with Crippen molar-refractivity contribution in [3.05, 3.63) is 52.9 Å². The van der Waals surface area contributed by atoms with Crippen molar-refractivity contribution in [3.63, 3.8) is 0 Å². The molecule has 3 rings (SSSR count). The zero-order valence-corrected chi connectivity index (χ0v) is 11.6. The van der Waals surface area contributed by atoms with Crippen LogP contribution < -0.4 is 0 Å². The molecular formula is C16H12O3S. The second-order valence-electron chi connectivity index (χ2n) is 4.67. The number of thiophene rings is 1. The number of carboxylic acid groups (broad SMARTS) is 1. The number of benzene rings is 2. The monoisotopic (exact) mass is 284 g/mol. The number of hydrogen-bond acceptors (Lipinski definition) is 3. The van der Waals surface area contributed by atoms with E-state index in [1.54, 1.807) is 18.2 Å². The van der Waals surface area contributed by atoms with Gasteiger partial charge in [-0.1, -0.05) is 18.2 Å². The fourth-order valence-corrected chi connectivity index (χ4v) is 3.26. The van der Waals surface area contributed by atoms with E-state index in [0.29, 0.717) is 4.88 Å². The Bertz CT molecular complexity index is 818. The first-order valence-corrected chi connectivity index (χ1v) is 6.93. The van der Waals surface area contributed by atoms with Crippen molar-refractivity contribution in [2.24, 2.45) is 0 Å². The van der Waals surface area contributed by atoms with Crippen molar-refractivity contribution in [1.82, 2.24) is 0 Å². The van der Waals surface area contributed by atoms with Crippen LogP contribution in [-0.2, 0) is 0 Å². The molecule has 3 aromatic rings. The minimum absolute atomic E-state index is 0.241. The molecule has 0 fully saturated rings. The summed E-state index contributed by atoms with van der Waals surface area (Å²) in [6, 6.07) is 12.8. The Morgan fingerprint density at radius 2 is 1.75 bits per heavy atom. The molecule has 0 unspecified atom stereocenters. The summed E-state index contributed by atoms with van der Waals surface area (Å²) in [6.07, 6.45) is 0. The minimum atomic E-state index is -0.893. The molecule has 0 atom stereocenters. The lowest BCUT2D eigenvalue weighted by atomic mass is 10.0. The number of phenols is 1. The normalized spacial score (nSPS) is 10.8. The molecule has 0 aliphatic carbocycles. The zero-order valence-electron chi connectivity index (χ0n) is 10.8. The van der Waals surface area contributed by atoms with Crippen molar-refractivity contribution in [2.75, 3.05) is 0 Å². The van der Waals surface area contributed by atoms with Gasteiger partial charge < -0.3 is 10.2 Å². The topological polar surface area (TPSA) is 57.5 Å².